The minimum atomic E-state index is -1.03. The molecule has 20 heavy (non-hydrogen) atoms. The van der Waals surface area contributed by atoms with Crippen LogP contribution >= 0.6 is 15.9 Å². The number of fused-ring (bicyclic) bond motifs is 1. The lowest BCUT2D eigenvalue weighted by atomic mass is 10.2. The number of oxazole rings is 1. The summed E-state index contributed by atoms with van der Waals surface area (Å²) in [6.07, 6.45) is 3.17. The molecule has 0 unspecified atom stereocenters. The van der Waals surface area contributed by atoms with E-state index in [2.05, 4.69) is 25.9 Å². The van der Waals surface area contributed by atoms with Crippen molar-refractivity contribution in [1.29, 1.82) is 0 Å². The first-order chi connectivity index (χ1) is 9.61. The molecule has 0 saturated carbocycles. The fourth-order valence-electron chi connectivity index (χ4n) is 1.63. The summed E-state index contributed by atoms with van der Waals surface area (Å²) in [6.45, 7) is 0. The zero-order chi connectivity index (χ0) is 14.1. The van der Waals surface area contributed by atoms with E-state index in [0.29, 0.717) is 16.8 Å². The lowest BCUT2D eigenvalue weighted by molar-refractivity contribution is 0.0697. The van der Waals surface area contributed by atoms with E-state index in [1.807, 2.05) is 0 Å². The van der Waals surface area contributed by atoms with Crippen molar-refractivity contribution in [2.75, 3.05) is 0 Å². The Kier molecular flexibility index (Phi) is 3.11. The Morgan fingerprint density at radius 3 is 2.90 bits per heavy atom. The van der Waals surface area contributed by atoms with E-state index in [1.165, 1.54) is 18.3 Å². The van der Waals surface area contributed by atoms with Crippen molar-refractivity contribution in [3.05, 3.63) is 46.7 Å². The summed E-state index contributed by atoms with van der Waals surface area (Å²) in [6, 6.07) is 6.13. The molecule has 0 fully saturated rings. The van der Waals surface area contributed by atoms with Gasteiger partial charge in [-0.2, -0.15) is 4.98 Å². The van der Waals surface area contributed by atoms with Gasteiger partial charge in [-0.3, -0.25) is 4.98 Å². The number of ether oxygens (including phenoxy) is 1. The van der Waals surface area contributed by atoms with Crippen molar-refractivity contribution in [2.45, 2.75) is 0 Å². The molecule has 2 heterocycles. The fourth-order valence-corrected chi connectivity index (χ4v) is 1.97. The van der Waals surface area contributed by atoms with E-state index in [0.717, 1.165) is 4.47 Å². The molecule has 0 aliphatic heterocycles. The first kappa shape index (κ1) is 12.6. The van der Waals surface area contributed by atoms with Crippen LogP contribution in [0.2, 0.25) is 0 Å². The molecule has 1 aromatic carbocycles. The van der Waals surface area contributed by atoms with Crippen molar-refractivity contribution in [1.82, 2.24) is 9.97 Å². The van der Waals surface area contributed by atoms with Crippen molar-refractivity contribution in [2.24, 2.45) is 0 Å². The van der Waals surface area contributed by atoms with E-state index in [1.54, 1.807) is 18.3 Å². The van der Waals surface area contributed by atoms with Gasteiger partial charge in [0.1, 0.15) is 5.52 Å². The molecule has 0 amide bonds. The Hall–Kier alpha value is -2.41. The second-order valence-corrected chi connectivity index (χ2v) is 4.82. The number of carboxylic acids is 1. The van der Waals surface area contributed by atoms with Crippen molar-refractivity contribution < 1.29 is 19.1 Å². The zero-order valence-corrected chi connectivity index (χ0v) is 11.5. The van der Waals surface area contributed by atoms with Gasteiger partial charge in [0.15, 0.2) is 11.3 Å². The number of carbonyl (C=O) groups is 1. The van der Waals surface area contributed by atoms with Crippen LogP contribution in [0.5, 0.6) is 11.8 Å². The van der Waals surface area contributed by atoms with Crippen LogP contribution in [-0.2, 0) is 0 Å². The SMILES string of the molecule is O=C(O)c1ccc2nc(Oc3cncc(Br)c3)oc2c1. The Balaban J connectivity index is 1.95. The highest BCUT2D eigenvalue weighted by molar-refractivity contribution is 9.10. The van der Waals surface area contributed by atoms with Gasteiger partial charge in [-0.1, -0.05) is 0 Å². The second kappa shape index (κ2) is 4.93. The Labute approximate surface area is 121 Å². The van der Waals surface area contributed by atoms with Crippen LogP contribution < -0.4 is 4.74 Å². The van der Waals surface area contributed by atoms with Crippen LogP contribution in [0.3, 0.4) is 0 Å². The molecule has 3 rings (SSSR count). The average molecular weight is 335 g/mol. The number of pyridine rings is 1. The molecular weight excluding hydrogens is 328 g/mol. The van der Waals surface area contributed by atoms with E-state index >= 15 is 0 Å². The standard InChI is InChI=1S/C13H7BrN2O4/c14-8-4-9(6-15-5-8)19-13-16-10-2-1-7(12(17)18)3-11(10)20-13/h1-6H,(H,17,18). The first-order valence-corrected chi connectivity index (χ1v) is 6.33. The third kappa shape index (κ3) is 2.48. The number of carboxylic acid groups (broad SMARTS) is 1. The zero-order valence-electron chi connectivity index (χ0n) is 9.91. The predicted molar refractivity (Wildman–Crippen MR) is 73.0 cm³/mol. The molecule has 0 aliphatic rings. The van der Waals surface area contributed by atoms with Gasteiger partial charge in [-0.15, -0.1) is 0 Å². The largest absolute Gasteiger partial charge is 0.478 e. The van der Waals surface area contributed by atoms with Gasteiger partial charge >= 0.3 is 12.0 Å². The Bertz CT molecular complexity index is 800. The van der Waals surface area contributed by atoms with Gasteiger partial charge < -0.3 is 14.3 Å². The molecule has 7 heteroatoms. The number of aromatic nitrogens is 2. The highest BCUT2D eigenvalue weighted by atomic mass is 79.9. The highest BCUT2D eigenvalue weighted by Crippen LogP contribution is 2.26. The maximum absolute atomic E-state index is 10.9. The number of hydrogen-bond donors (Lipinski definition) is 1. The lowest BCUT2D eigenvalue weighted by Crippen LogP contribution is -1.94. The molecule has 0 aliphatic carbocycles. The summed E-state index contributed by atoms with van der Waals surface area (Å²) < 4.78 is 11.6. The Morgan fingerprint density at radius 2 is 2.15 bits per heavy atom. The third-order valence-electron chi connectivity index (χ3n) is 2.50. The quantitative estimate of drug-likeness (QED) is 0.789. The van der Waals surface area contributed by atoms with E-state index in [9.17, 15) is 4.79 Å². The monoisotopic (exact) mass is 334 g/mol. The summed E-state index contributed by atoms with van der Waals surface area (Å²) in [5, 5.41) is 8.91. The maximum atomic E-state index is 10.9. The maximum Gasteiger partial charge on any atom is 0.400 e. The molecule has 0 bridgehead atoms. The molecule has 100 valence electrons. The number of halogens is 1. The highest BCUT2D eigenvalue weighted by Gasteiger charge is 2.11. The number of rotatable bonds is 3. The number of benzene rings is 1. The van der Waals surface area contributed by atoms with E-state index in [4.69, 9.17) is 14.3 Å². The average Bonchev–Trinajstić information content (AvgIpc) is 2.79. The molecule has 0 saturated heterocycles. The summed E-state index contributed by atoms with van der Waals surface area (Å²) in [7, 11) is 0. The van der Waals surface area contributed by atoms with Crippen LogP contribution in [0, 0.1) is 0 Å². The molecule has 0 radical (unpaired) electrons. The topological polar surface area (TPSA) is 85.5 Å². The van der Waals surface area contributed by atoms with Gasteiger partial charge in [-0.05, 0) is 40.2 Å². The van der Waals surface area contributed by atoms with Gasteiger partial charge in [0, 0.05) is 10.7 Å². The van der Waals surface area contributed by atoms with Crippen LogP contribution in [0.25, 0.3) is 11.1 Å². The van der Waals surface area contributed by atoms with Crippen molar-refractivity contribution >= 4 is 33.0 Å². The molecule has 0 spiro atoms. The van der Waals surface area contributed by atoms with Crippen molar-refractivity contribution in [3.63, 3.8) is 0 Å². The molecule has 2 aromatic heterocycles. The summed E-state index contributed by atoms with van der Waals surface area (Å²) in [5.41, 5.74) is 1.00. The molecule has 1 N–H and O–H groups in total. The van der Waals surface area contributed by atoms with Gasteiger partial charge in [-0.25, -0.2) is 4.79 Å². The van der Waals surface area contributed by atoms with Gasteiger partial charge in [0.25, 0.3) is 0 Å². The van der Waals surface area contributed by atoms with Crippen molar-refractivity contribution in [3.8, 4) is 11.8 Å². The molecule has 0 atom stereocenters. The minimum absolute atomic E-state index is 0.0300. The minimum Gasteiger partial charge on any atom is -0.478 e. The van der Waals surface area contributed by atoms with Crippen LogP contribution in [0.15, 0.2) is 45.5 Å². The van der Waals surface area contributed by atoms with E-state index < -0.39 is 5.97 Å². The number of hydrogen-bond acceptors (Lipinski definition) is 5. The van der Waals surface area contributed by atoms with Crippen LogP contribution in [-0.4, -0.2) is 21.0 Å². The van der Waals surface area contributed by atoms with E-state index in [-0.39, 0.29) is 11.6 Å². The number of nitrogens with zero attached hydrogens (tertiary/aromatic N) is 2. The Morgan fingerprint density at radius 1 is 1.30 bits per heavy atom. The number of aromatic carboxylic acids is 1. The normalized spacial score (nSPS) is 10.7. The molecule has 6 nitrogen and oxygen atoms in total. The van der Waals surface area contributed by atoms with Crippen LogP contribution in [0.4, 0.5) is 0 Å². The predicted octanol–water partition coefficient (Wildman–Crippen LogP) is 3.48. The molecular formula is C13H7BrN2O4. The molecule has 3 aromatic rings. The lowest BCUT2D eigenvalue weighted by Gasteiger charge is -1.99. The smallest absolute Gasteiger partial charge is 0.400 e. The van der Waals surface area contributed by atoms with Gasteiger partial charge in [0.05, 0.1) is 11.8 Å². The fraction of sp³-hybridized carbons (Fsp3) is 0. The summed E-state index contributed by atoms with van der Waals surface area (Å²) in [5.74, 6) is -0.564. The third-order valence-corrected chi connectivity index (χ3v) is 2.93. The van der Waals surface area contributed by atoms with Gasteiger partial charge in [0.2, 0.25) is 0 Å². The summed E-state index contributed by atoms with van der Waals surface area (Å²) >= 11 is 3.28. The van der Waals surface area contributed by atoms with Crippen LogP contribution in [0.1, 0.15) is 10.4 Å². The summed E-state index contributed by atoms with van der Waals surface area (Å²) in [4.78, 5) is 18.9. The first-order valence-electron chi connectivity index (χ1n) is 5.54. The second-order valence-electron chi connectivity index (χ2n) is 3.91.